The van der Waals surface area contributed by atoms with Gasteiger partial charge in [0, 0.05) is 6.08 Å². The van der Waals surface area contributed by atoms with E-state index in [-0.39, 0.29) is 11.9 Å². The number of nitrogens with one attached hydrogen (secondary N) is 1. The summed E-state index contributed by atoms with van der Waals surface area (Å²) in [6, 6.07) is 14.4. The van der Waals surface area contributed by atoms with Crippen molar-refractivity contribution in [3.63, 3.8) is 0 Å². The highest BCUT2D eigenvalue weighted by Gasteiger charge is 2.08. The van der Waals surface area contributed by atoms with E-state index in [1.165, 1.54) is 16.7 Å². The Morgan fingerprint density at radius 1 is 1.00 bits per heavy atom. The molecule has 0 heterocycles. The molecule has 2 rings (SSSR count). The lowest BCUT2D eigenvalue weighted by molar-refractivity contribution is -0.117. The Labute approximate surface area is 132 Å². The third-order valence-corrected chi connectivity index (χ3v) is 3.89. The summed E-state index contributed by atoms with van der Waals surface area (Å²) in [7, 11) is 0. The number of amides is 1. The molecule has 1 N–H and O–H groups in total. The first kappa shape index (κ1) is 16.0. The second-order valence-electron chi connectivity index (χ2n) is 5.82. The van der Waals surface area contributed by atoms with Gasteiger partial charge < -0.3 is 5.32 Å². The van der Waals surface area contributed by atoms with Crippen LogP contribution in [0.5, 0.6) is 0 Å². The molecule has 0 aliphatic heterocycles. The Hall–Kier alpha value is -2.35. The average Bonchev–Trinajstić information content (AvgIpc) is 2.49. The van der Waals surface area contributed by atoms with Crippen molar-refractivity contribution in [2.45, 2.75) is 33.7 Å². The van der Waals surface area contributed by atoms with Crippen molar-refractivity contribution >= 4 is 12.0 Å². The van der Waals surface area contributed by atoms with Crippen LogP contribution >= 0.6 is 0 Å². The summed E-state index contributed by atoms with van der Waals surface area (Å²) >= 11 is 0. The second kappa shape index (κ2) is 7.08. The molecule has 1 atom stereocenters. The van der Waals surface area contributed by atoms with Gasteiger partial charge in [-0.3, -0.25) is 4.79 Å². The zero-order valence-corrected chi connectivity index (χ0v) is 13.7. The molecule has 0 radical (unpaired) electrons. The molecule has 22 heavy (non-hydrogen) atoms. The minimum Gasteiger partial charge on any atom is -0.346 e. The molecule has 0 saturated heterocycles. The van der Waals surface area contributed by atoms with Crippen LogP contribution in [0.15, 0.2) is 48.5 Å². The third kappa shape index (κ3) is 4.32. The fraction of sp³-hybridized carbons (Fsp3) is 0.250. The smallest absolute Gasteiger partial charge is 0.244 e. The molecule has 1 amide bonds. The molecule has 0 bridgehead atoms. The van der Waals surface area contributed by atoms with Gasteiger partial charge in [0.15, 0.2) is 0 Å². The van der Waals surface area contributed by atoms with Gasteiger partial charge in [-0.25, -0.2) is 0 Å². The van der Waals surface area contributed by atoms with Crippen LogP contribution in [-0.4, -0.2) is 5.91 Å². The van der Waals surface area contributed by atoms with E-state index in [9.17, 15) is 4.79 Å². The topological polar surface area (TPSA) is 29.1 Å². The van der Waals surface area contributed by atoms with Gasteiger partial charge in [-0.1, -0.05) is 48.0 Å². The largest absolute Gasteiger partial charge is 0.346 e. The summed E-state index contributed by atoms with van der Waals surface area (Å²) in [5.74, 6) is -0.0775. The highest BCUT2D eigenvalue weighted by atomic mass is 16.1. The molecule has 2 heteroatoms. The van der Waals surface area contributed by atoms with E-state index in [4.69, 9.17) is 0 Å². The van der Waals surface area contributed by atoms with Crippen LogP contribution < -0.4 is 5.32 Å². The van der Waals surface area contributed by atoms with E-state index in [1.807, 2.05) is 44.2 Å². The van der Waals surface area contributed by atoms with Crippen molar-refractivity contribution < 1.29 is 4.79 Å². The number of hydrogen-bond donors (Lipinski definition) is 1. The molecule has 0 aliphatic carbocycles. The van der Waals surface area contributed by atoms with E-state index in [0.717, 1.165) is 11.1 Å². The van der Waals surface area contributed by atoms with Gasteiger partial charge in [-0.15, -0.1) is 0 Å². The van der Waals surface area contributed by atoms with Crippen molar-refractivity contribution in [3.8, 4) is 0 Å². The lowest BCUT2D eigenvalue weighted by Gasteiger charge is -2.14. The van der Waals surface area contributed by atoms with E-state index in [0.29, 0.717) is 0 Å². The van der Waals surface area contributed by atoms with Gasteiger partial charge in [0.05, 0.1) is 6.04 Å². The van der Waals surface area contributed by atoms with Crippen LogP contribution in [-0.2, 0) is 4.79 Å². The molecule has 0 unspecified atom stereocenters. The second-order valence-corrected chi connectivity index (χ2v) is 5.82. The van der Waals surface area contributed by atoms with E-state index < -0.39 is 0 Å². The van der Waals surface area contributed by atoms with E-state index >= 15 is 0 Å². The quantitative estimate of drug-likeness (QED) is 0.826. The number of hydrogen-bond acceptors (Lipinski definition) is 1. The maximum absolute atomic E-state index is 12.0. The van der Waals surface area contributed by atoms with Gasteiger partial charge in [-0.2, -0.15) is 0 Å². The highest BCUT2D eigenvalue weighted by Crippen LogP contribution is 2.16. The fourth-order valence-corrected chi connectivity index (χ4v) is 2.23. The van der Waals surface area contributed by atoms with Gasteiger partial charge in [0.25, 0.3) is 0 Å². The molecule has 2 aromatic carbocycles. The average molecular weight is 293 g/mol. The van der Waals surface area contributed by atoms with Crippen LogP contribution in [0.2, 0.25) is 0 Å². The van der Waals surface area contributed by atoms with Crippen LogP contribution in [0.25, 0.3) is 6.08 Å². The summed E-state index contributed by atoms with van der Waals surface area (Å²) in [5, 5.41) is 3.00. The minimum absolute atomic E-state index is 0.00512. The lowest BCUT2D eigenvalue weighted by atomic mass is 10.0. The summed E-state index contributed by atoms with van der Waals surface area (Å²) < 4.78 is 0. The first-order chi connectivity index (χ1) is 10.5. The van der Waals surface area contributed by atoms with Crippen LogP contribution in [0.4, 0.5) is 0 Å². The van der Waals surface area contributed by atoms with Crippen molar-refractivity contribution in [1.82, 2.24) is 5.32 Å². The lowest BCUT2D eigenvalue weighted by Crippen LogP contribution is -2.24. The third-order valence-electron chi connectivity index (χ3n) is 3.89. The molecular formula is C20H23NO. The van der Waals surface area contributed by atoms with Crippen molar-refractivity contribution in [2.24, 2.45) is 0 Å². The monoisotopic (exact) mass is 293 g/mol. The molecule has 0 fully saturated rings. The molecular weight excluding hydrogens is 270 g/mol. The summed E-state index contributed by atoms with van der Waals surface area (Å²) in [6.07, 6.45) is 3.42. The number of benzene rings is 2. The predicted octanol–water partition coefficient (Wildman–Crippen LogP) is 4.50. The predicted molar refractivity (Wildman–Crippen MR) is 92.7 cm³/mol. The van der Waals surface area contributed by atoms with Crippen LogP contribution in [0, 0.1) is 20.8 Å². The molecule has 0 saturated carbocycles. The van der Waals surface area contributed by atoms with Crippen LogP contribution in [0.1, 0.15) is 40.8 Å². The summed E-state index contributed by atoms with van der Waals surface area (Å²) in [4.78, 5) is 12.0. The van der Waals surface area contributed by atoms with E-state index in [2.05, 4.69) is 37.4 Å². The number of rotatable bonds is 4. The van der Waals surface area contributed by atoms with Crippen LogP contribution in [0.3, 0.4) is 0 Å². The molecule has 0 aliphatic rings. The van der Waals surface area contributed by atoms with Gasteiger partial charge in [0.1, 0.15) is 0 Å². The Morgan fingerprint density at radius 2 is 1.68 bits per heavy atom. The van der Waals surface area contributed by atoms with Crippen molar-refractivity contribution in [2.75, 3.05) is 0 Å². The SMILES string of the molecule is Cc1ccc(/C=C/C(=O)N[C@@H](C)c2ccc(C)c(C)c2)cc1. The number of carbonyl (C=O) groups excluding carboxylic acids is 1. The zero-order valence-electron chi connectivity index (χ0n) is 13.7. The Kier molecular flexibility index (Phi) is 5.16. The highest BCUT2D eigenvalue weighted by molar-refractivity contribution is 5.91. The minimum atomic E-state index is -0.0775. The van der Waals surface area contributed by atoms with Crippen molar-refractivity contribution in [3.05, 3.63) is 76.4 Å². The first-order valence-electron chi connectivity index (χ1n) is 7.58. The summed E-state index contributed by atoms with van der Waals surface area (Å²) in [6.45, 7) is 8.23. The van der Waals surface area contributed by atoms with Gasteiger partial charge >= 0.3 is 0 Å². The normalized spacial score (nSPS) is 12.4. The fourth-order valence-electron chi connectivity index (χ4n) is 2.23. The maximum atomic E-state index is 12.0. The molecule has 114 valence electrons. The van der Waals surface area contributed by atoms with E-state index in [1.54, 1.807) is 6.08 Å². The Bertz CT molecular complexity index is 683. The molecule has 2 nitrogen and oxygen atoms in total. The Morgan fingerprint density at radius 3 is 2.32 bits per heavy atom. The zero-order chi connectivity index (χ0) is 16.1. The summed E-state index contributed by atoms with van der Waals surface area (Å²) in [5.41, 5.74) is 5.88. The maximum Gasteiger partial charge on any atom is 0.244 e. The molecule has 0 spiro atoms. The number of carbonyl (C=O) groups is 1. The van der Waals surface area contributed by atoms with Gasteiger partial charge in [-0.05, 0) is 56.0 Å². The van der Waals surface area contributed by atoms with Crippen molar-refractivity contribution in [1.29, 1.82) is 0 Å². The number of aryl methyl sites for hydroxylation is 3. The molecule has 2 aromatic rings. The Balaban J connectivity index is 1.98. The van der Waals surface area contributed by atoms with Gasteiger partial charge in [0.2, 0.25) is 5.91 Å². The molecule has 0 aromatic heterocycles. The first-order valence-corrected chi connectivity index (χ1v) is 7.58. The standard InChI is InChI=1S/C20H23NO/c1-14-5-8-18(9-6-14)10-12-20(22)21-17(4)19-11-7-15(2)16(3)13-19/h5-13,17H,1-4H3,(H,21,22)/b12-10+/t17-/m0/s1.